The Balaban J connectivity index is 3.06. The normalized spacial score (nSPS) is 12.3. The highest BCUT2D eigenvalue weighted by molar-refractivity contribution is 5.94. The Morgan fingerprint density at radius 1 is 1.35 bits per heavy atom. The minimum Gasteiger partial charge on any atom is -0.336 e. The fraction of sp³-hybridized carbons (Fsp3) is 0.462. The number of amides is 1. The highest BCUT2D eigenvalue weighted by Gasteiger charge is 2.22. The summed E-state index contributed by atoms with van der Waals surface area (Å²) in [5, 5.41) is 0. The minimum atomic E-state index is -1.07. The second-order valence-electron chi connectivity index (χ2n) is 3.95. The number of carbonyl (C=O) groups excluding carboxylic acids is 1. The highest BCUT2D eigenvalue weighted by Crippen LogP contribution is 2.16. The van der Waals surface area contributed by atoms with Crippen molar-refractivity contribution in [2.45, 2.75) is 33.2 Å². The first-order chi connectivity index (χ1) is 8.02. The van der Waals surface area contributed by atoms with Crippen molar-refractivity contribution in [2.75, 3.05) is 6.54 Å². The molecule has 0 aliphatic heterocycles. The van der Waals surface area contributed by atoms with Gasteiger partial charge in [0.25, 0.3) is 5.91 Å². The second-order valence-corrected chi connectivity index (χ2v) is 3.95. The summed E-state index contributed by atoms with van der Waals surface area (Å²) in [7, 11) is 0. The molecule has 2 nitrogen and oxygen atoms in total. The lowest BCUT2D eigenvalue weighted by Gasteiger charge is -2.27. The molecule has 0 radical (unpaired) electrons. The van der Waals surface area contributed by atoms with Crippen molar-refractivity contribution in [3.8, 4) is 0 Å². The molecule has 1 aromatic rings. The minimum absolute atomic E-state index is 0.00941. The third-order valence-corrected chi connectivity index (χ3v) is 2.91. The van der Waals surface area contributed by atoms with Crippen molar-refractivity contribution in [2.24, 2.45) is 0 Å². The third kappa shape index (κ3) is 2.81. The lowest BCUT2D eigenvalue weighted by atomic mass is 10.1. The summed E-state index contributed by atoms with van der Waals surface area (Å²) in [6.07, 6.45) is 0.774. The maximum atomic E-state index is 13.5. The lowest BCUT2D eigenvalue weighted by Crippen LogP contribution is -2.38. The summed E-state index contributed by atoms with van der Waals surface area (Å²) in [5.74, 6) is -2.52. The molecule has 1 unspecified atom stereocenters. The van der Waals surface area contributed by atoms with Crippen molar-refractivity contribution in [1.29, 1.82) is 0 Å². The molecule has 1 amide bonds. The van der Waals surface area contributed by atoms with Gasteiger partial charge in [0, 0.05) is 12.6 Å². The van der Waals surface area contributed by atoms with Crippen LogP contribution in [-0.4, -0.2) is 23.4 Å². The molecule has 1 aromatic carbocycles. The van der Waals surface area contributed by atoms with Crippen LogP contribution >= 0.6 is 0 Å². The molecular formula is C13H17F2NO. The summed E-state index contributed by atoms with van der Waals surface area (Å²) in [4.78, 5) is 13.6. The van der Waals surface area contributed by atoms with Crippen molar-refractivity contribution >= 4 is 5.91 Å². The van der Waals surface area contributed by atoms with Gasteiger partial charge in [0.2, 0.25) is 0 Å². The number of rotatable bonds is 4. The van der Waals surface area contributed by atoms with Gasteiger partial charge in [-0.25, -0.2) is 8.78 Å². The van der Waals surface area contributed by atoms with E-state index in [-0.39, 0.29) is 11.6 Å². The molecule has 1 atom stereocenters. The van der Waals surface area contributed by atoms with E-state index in [1.807, 2.05) is 20.8 Å². The molecule has 0 N–H and O–H groups in total. The van der Waals surface area contributed by atoms with E-state index < -0.39 is 17.5 Å². The monoisotopic (exact) mass is 241 g/mol. The van der Waals surface area contributed by atoms with E-state index in [4.69, 9.17) is 0 Å². The van der Waals surface area contributed by atoms with Gasteiger partial charge < -0.3 is 4.90 Å². The van der Waals surface area contributed by atoms with Crippen LogP contribution in [0.15, 0.2) is 18.2 Å². The predicted octanol–water partition coefficient (Wildman–Crippen LogP) is 3.23. The summed E-state index contributed by atoms with van der Waals surface area (Å²) < 4.78 is 26.5. The molecule has 0 bridgehead atoms. The Hall–Kier alpha value is -1.45. The maximum absolute atomic E-state index is 13.5. The number of nitrogens with zero attached hydrogens (tertiary/aromatic N) is 1. The first-order valence-electron chi connectivity index (χ1n) is 5.77. The second kappa shape index (κ2) is 5.75. The summed E-state index contributed by atoms with van der Waals surface area (Å²) in [5.41, 5.74) is -0.202. The van der Waals surface area contributed by atoms with E-state index in [9.17, 15) is 13.6 Å². The Morgan fingerprint density at radius 3 is 2.53 bits per heavy atom. The van der Waals surface area contributed by atoms with Gasteiger partial charge in [-0.15, -0.1) is 0 Å². The zero-order valence-electron chi connectivity index (χ0n) is 10.3. The third-order valence-electron chi connectivity index (χ3n) is 2.91. The fourth-order valence-electron chi connectivity index (χ4n) is 1.70. The van der Waals surface area contributed by atoms with Gasteiger partial charge in [-0.05, 0) is 32.4 Å². The molecule has 0 saturated heterocycles. The fourth-order valence-corrected chi connectivity index (χ4v) is 1.70. The summed E-state index contributed by atoms with van der Waals surface area (Å²) in [6.45, 7) is 6.13. The van der Waals surface area contributed by atoms with Crippen molar-refractivity contribution in [1.82, 2.24) is 4.90 Å². The van der Waals surface area contributed by atoms with Crippen LogP contribution in [0.4, 0.5) is 8.78 Å². The van der Waals surface area contributed by atoms with Crippen molar-refractivity contribution in [3.05, 3.63) is 35.4 Å². The van der Waals surface area contributed by atoms with Crippen LogP contribution in [0.2, 0.25) is 0 Å². The summed E-state index contributed by atoms with van der Waals surface area (Å²) >= 11 is 0. The Morgan fingerprint density at radius 2 is 2.00 bits per heavy atom. The Bertz CT molecular complexity index is 406. The first-order valence-corrected chi connectivity index (χ1v) is 5.77. The van der Waals surface area contributed by atoms with E-state index >= 15 is 0 Å². The topological polar surface area (TPSA) is 20.3 Å². The van der Waals surface area contributed by atoms with Gasteiger partial charge in [0.1, 0.15) is 0 Å². The van der Waals surface area contributed by atoms with Gasteiger partial charge in [0.15, 0.2) is 11.6 Å². The number of hydrogen-bond acceptors (Lipinski definition) is 1. The van der Waals surface area contributed by atoms with Crippen molar-refractivity contribution in [3.63, 3.8) is 0 Å². The van der Waals surface area contributed by atoms with Crippen molar-refractivity contribution < 1.29 is 13.6 Å². The molecule has 4 heteroatoms. The molecule has 94 valence electrons. The van der Waals surface area contributed by atoms with Crippen LogP contribution in [0.5, 0.6) is 0 Å². The molecular weight excluding hydrogens is 224 g/mol. The average molecular weight is 241 g/mol. The quantitative estimate of drug-likeness (QED) is 0.792. The lowest BCUT2D eigenvalue weighted by molar-refractivity contribution is 0.0694. The molecule has 0 saturated carbocycles. The zero-order chi connectivity index (χ0) is 13.0. The number of benzene rings is 1. The summed E-state index contributed by atoms with van der Waals surface area (Å²) in [6, 6.07) is 3.67. The smallest absolute Gasteiger partial charge is 0.257 e. The van der Waals surface area contributed by atoms with Crippen LogP contribution in [0, 0.1) is 11.6 Å². The van der Waals surface area contributed by atoms with Gasteiger partial charge in [-0.1, -0.05) is 13.0 Å². The number of hydrogen-bond donors (Lipinski definition) is 0. The molecule has 0 aliphatic rings. The van der Waals surface area contributed by atoms with Crippen LogP contribution in [0.3, 0.4) is 0 Å². The van der Waals surface area contributed by atoms with Crippen LogP contribution in [0.25, 0.3) is 0 Å². The Kier molecular flexibility index (Phi) is 4.61. The van der Waals surface area contributed by atoms with E-state index in [2.05, 4.69) is 0 Å². The first kappa shape index (κ1) is 13.6. The van der Waals surface area contributed by atoms with Gasteiger partial charge in [-0.3, -0.25) is 4.79 Å². The van der Waals surface area contributed by atoms with Gasteiger partial charge in [0.05, 0.1) is 5.56 Å². The Labute approximate surface area is 100 Å². The number of halogens is 2. The van der Waals surface area contributed by atoms with Gasteiger partial charge >= 0.3 is 0 Å². The largest absolute Gasteiger partial charge is 0.336 e. The van der Waals surface area contributed by atoms with Crippen LogP contribution in [-0.2, 0) is 0 Å². The molecule has 17 heavy (non-hydrogen) atoms. The van der Waals surface area contributed by atoms with E-state index in [0.29, 0.717) is 6.54 Å². The van der Waals surface area contributed by atoms with E-state index in [0.717, 1.165) is 12.5 Å². The van der Waals surface area contributed by atoms with Crippen LogP contribution in [0.1, 0.15) is 37.6 Å². The van der Waals surface area contributed by atoms with Crippen LogP contribution < -0.4 is 0 Å². The maximum Gasteiger partial charge on any atom is 0.257 e. The average Bonchev–Trinajstić information content (AvgIpc) is 2.33. The zero-order valence-corrected chi connectivity index (χ0v) is 10.3. The molecule has 0 spiro atoms. The van der Waals surface area contributed by atoms with E-state index in [1.165, 1.54) is 17.0 Å². The predicted molar refractivity (Wildman–Crippen MR) is 62.8 cm³/mol. The molecule has 0 aliphatic carbocycles. The molecule has 0 heterocycles. The SMILES string of the molecule is CCC(C)N(CC)C(=O)c1cccc(F)c1F. The van der Waals surface area contributed by atoms with E-state index in [1.54, 1.807) is 0 Å². The number of carbonyl (C=O) groups is 1. The molecule has 0 fully saturated rings. The highest BCUT2D eigenvalue weighted by atomic mass is 19.2. The molecule has 0 aromatic heterocycles. The van der Waals surface area contributed by atoms with Gasteiger partial charge in [-0.2, -0.15) is 0 Å². The molecule has 1 rings (SSSR count). The standard InChI is InChI=1S/C13H17F2NO/c1-4-9(3)16(5-2)13(17)10-7-6-8-11(14)12(10)15/h6-9H,4-5H2,1-3H3.